The molecule has 0 aliphatic rings. The van der Waals surface area contributed by atoms with Crippen LogP contribution in [0.1, 0.15) is 34.6 Å². The van der Waals surface area contributed by atoms with Crippen LogP contribution in [0.15, 0.2) is 0 Å². The number of carbonyl (C=O) groups is 1. The maximum absolute atomic E-state index is 11.3. The van der Waals surface area contributed by atoms with Crippen LogP contribution in [0.25, 0.3) is 0 Å². The molecule has 72 valence electrons. The van der Waals surface area contributed by atoms with E-state index in [0.717, 1.165) is 6.54 Å². The predicted octanol–water partition coefficient (Wildman–Crippen LogP) is 3.00. The molecule has 0 aliphatic heterocycles. The Morgan fingerprint density at radius 2 is 1.58 bits per heavy atom. The van der Waals surface area contributed by atoms with E-state index in [1.54, 1.807) is 0 Å². The Kier molecular flexibility index (Phi) is 4.21. The zero-order chi connectivity index (χ0) is 9.94. The first-order valence-electron chi connectivity index (χ1n) is 4.47. The Hall–Kier alpha value is -0.0800. The molecular formula is C9H19ClNO+. The normalized spacial score (nSPS) is 12.7. The lowest BCUT2D eigenvalue weighted by atomic mass is 10.1. The van der Waals surface area contributed by atoms with Gasteiger partial charge in [-0.05, 0) is 34.6 Å². The van der Waals surface area contributed by atoms with E-state index in [2.05, 4.69) is 0 Å². The molecular weight excluding hydrogens is 174 g/mol. The first kappa shape index (κ1) is 11.9. The summed E-state index contributed by atoms with van der Waals surface area (Å²) in [7, 11) is 0. The highest BCUT2D eigenvalue weighted by atomic mass is 35.5. The van der Waals surface area contributed by atoms with Gasteiger partial charge in [0, 0.05) is 11.6 Å². The zero-order valence-electron chi connectivity index (χ0n) is 8.60. The molecule has 0 rings (SSSR count). The minimum Gasteiger partial charge on any atom is -0.242 e. The SMILES string of the molecule is CC[N+](C(=O)Cl)(C(C)C)C(C)C. The summed E-state index contributed by atoms with van der Waals surface area (Å²) in [6.45, 7) is 10.9. The van der Waals surface area contributed by atoms with Crippen molar-refractivity contribution in [1.82, 2.24) is 0 Å². The Labute approximate surface area is 80.1 Å². The van der Waals surface area contributed by atoms with Crippen molar-refractivity contribution < 1.29 is 9.28 Å². The number of quaternary nitrogens is 1. The molecule has 0 fully saturated rings. The van der Waals surface area contributed by atoms with Crippen molar-refractivity contribution in [3.05, 3.63) is 0 Å². The highest BCUT2D eigenvalue weighted by Crippen LogP contribution is 2.22. The Bertz CT molecular complexity index is 158. The maximum Gasteiger partial charge on any atom is 0.412 e. The predicted molar refractivity (Wildman–Crippen MR) is 52.3 cm³/mol. The van der Waals surface area contributed by atoms with Gasteiger partial charge >= 0.3 is 5.37 Å². The van der Waals surface area contributed by atoms with E-state index in [1.807, 2.05) is 34.6 Å². The highest BCUT2D eigenvalue weighted by molar-refractivity contribution is 6.60. The maximum atomic E-state index is 11.3. The number of nitrogens with zero attached hydrogens (tertiary/aromatic N) is 1. The van der Waals surface area contributed by atoms with Crippen LogP contribution in [0.5, 0.6) is 0 Å². The molecule has 0 unspecified atom stereocenters. The third kappa shape index (κ3) is 1.80. The van der Waals surface area contributed by atoms with Gasteiger partial charge in [-0.15, -0.1) is 0 Å². The summed E-state index contributed by atoms with van der Waals surface area (Å²) in [5.74, 6) is 0. The van der Waals surface area contributed by atoms with Crippen molar-refractivity contribution in [2.75, 3.05) is 6.54 Å². The van der Waals surface area contributed by atoms with Crippen LogP contribution in [-0.4, -0.2) is 28.5 Å². The smallest absolute Gasteiger partial charge is 0.242 e. The molecule has 0 saturated heterocycles. The standard InChI is InChI=1S/C9H19ClNO/c1-6-11(7(2)3,8(4)5)9(10)12/h7-8H,6H2,1-5H3/q+1. The van der Waals surface area contributed by atoms with E-state index in [1.165, 1.54) is 0 Å². The summed E-state index contributed by atoms with van der Waals surface area (Å²) in [5, 5.41) is -0.248. The summed E-state index contributed by atoms with van der Waals surface area (Å²) in [4.78, 5) is 11.3. The number of rotatable bonds is 3. The van der Waals surface area contributed by atoms with Crippen molar-refractivity contribution in [1.29, 1.82) is 0 Å². The number of amides is 1. The number of hydrogen-bond acceptors (Lipinski definition) is 1. The number of halogens is 1. The fourth-order valence-corrected chi connectivity index (χ4v) is 2.37. The Morgan fingerprint density at radius 1 is 1.25 bits per heavy atom. The van der Waals surface area contributed by atoms with Crippen molar-refractivity contribution in [2.24, 2.45) is 0 Å². The van der Waals surface area contributed by atoms with Crippen LogP contribution in [0.2, 0.25) is 0 Å². The fraction of sp³-hybridized carbons (Fsp3) is 0.889. The van der Waals surface area contributed by atoms with E-state index in [-0.39, 0.29) is 17.5 Å². The van der Waals surface area contributed by atoms with Crippen LogP contribution < -0.4 is 0 Å². The molecule has 0 saturated carbocycles. The van der Waals surface area contributed by atoms with Crippen LogP contribution in [0.3, 0.4) is 0 Å². The van der Waals surface area contributed by atoms with Gasteiger partial charge in [0.25, 0.3) is 0 Å². The third-order valence-electron chi connectivity index (χ3n) is 2.69. The van der Waals surface area contributed by atoms with E-state index in [0.29, 0.717) is 4.48 Å². The van der Waals surface area contributed by atoms with Gasteiger partial charge in [0.2, 0.25) is 0 Å². The molecule has 0 N–H and O–H groups in total. The summed E-state index contributed by atoms with van der Waals surface area (Å²) >= 11 is 5.62. The van der Waals surface area contributed by atoms with Crippen LogP contribution in [0, 0.1) is 0 Å². The van der Waals surface area contributed by atoms with Crippen LogP contribution in [-0.2, 0) is 0 Å². The second-order valence-corrected chi connectivity index (χ2v) is 4.01. The van der Waals surface area contributed by atoms with Crippen LogP contribution in [0.4, 0.5) is 4.79 Å². The quantitative estimate of drug-likeness (QED) is 0.382. The average molecular weight is 193 g/mol. The number of carbonyl (C=O) groups excluding carboxylic acids is 1. The highest BCUT2D eigenvalue weighted by Gasteiger charge is 2.39. The van der Waals surface area contributed by atoms with E-state index < -0.39 is 0 Å². The average Bonchev–Trinajstić information content (AvgIpc) is 1.86. The molecule has 0 aromatic carbocycles. The van der Waals surface area contributed by atoms with Crippen molar-refractivity contribution in [2.45, 2.75) is 46.7 Å². The molecule has 1 amide bonds. The molecule has 0 aromatic heterocycles. The molecule has 0 atom stereocenters. The van der Waals surface area contributed by atoms with Gasteiger partial charge in [0.1, 0.15) is 0 Å². The van der Waals surface area contributed by atoms with Gasteiger partial charge in [-0.3, -0.25) is 0 Å². The molecule has 12 heavy (non-hydrogen) atoms. The molecule has 0 radical (unpaired) electrons. The topological polar surface area (TPSA) is 17.1 Å². The van der Waals surface area contributed by atoms with Crippen molar-refractivity contribution >= 4 is 17.0 Å². The summed E-state index contributed by atoms with van der Waals surface area (Å²) in [6, 6.07) is 0.500. The minimum atomic E-state index is -0.248. The second-order valence-electron chi connectivity index (χ2n) is 3.69. The van der Waals surface area contributed by atoms with Gasteiger partial charge in [0.15, 0.2) is 0 Å². The Morgan fingerprint density at radius 3 is 1.58 bits per heavy atom. The van der Waals surface area contributed by atoms with Gasteiger partial charge < -0.3 is 0 Å². The molecule has 3 heteroatoms. The summed E-state index contributed by atoms with van der Waals surface area (Å²) in [5.41, 5.74) is 0. The largest absolute Gasteiger partial charge is 0.412 e. The third-order valence-corrected chi connectivity index (χ3v) is 3.01. The van der Waals surface area contributed by atoms with E-state index in [9.17, 15) is 4.79 Å². The lowest BCUT2D eigenvalue weighted by Crippen LogP contribution is -2.59. The van der Waals surface area contributed by atoms with E-state index >= 15 is 0 Å². The van der Waals surface area contributed by atoms with Gasteiger partial charge in [-0.25, -0.2) is 9.28 Å². The summed E-state index contributed by atoms with van der Waals surface area (Å²) < 4.78 is 0.363. The second kappa shape index (κ2) is 4.24. The van der Waals surface area contributed by atoms with Crippen molar-refractivity contribution in [3.8, 4) is 0 Å². The van der Waals surface area contributed by atoms with Crippen molar-refractivity contribution in [3.63, 3.8) is 0 Å². The zero-order valence-corrected chi connectivity index (χ0v) is 9.35. The molecule has 2 nitrogen and oxygen atoms in total. The monoisotopic (exact) mass is 192 g/mol. The molecule has 0 bridgehead atoms. The molecule has 0 heterocycles. The minimum absolute atomic E-state index is 0.248. The fourth-order valence-electron chi connectivity index (χ4n) is 1.86. The van der Waals surface area contributed by atoms with E-state index in [4.69, 9.17) is 11.6 Å². The van der Waals surface area contributed by atoms with Crippen LogP contribution >= 0.6 is 11.6 Å². The van der Waals surface area contributed by atoms with Gasteiger partial charge in [-0.2, -0.15) is 0 Å². The molecule has 0 spiro atoms. The number of hydrogen-bond donors (Lipinski definition) is 0. The van der Waals surface area contributed by atoms with Gasteiger partial charge in [-0.1, -0.05) is 0 Å². The lowest BCUT2D eigenvalue weighted by Gasteiger charge is -2.40. The summed E-state index contributed by atoms with van der Waals surface area (Å²) in [6.07, 6.45) is 0. The molecule has 0 aromatic rings. The molecule has 0 aliphatic carbocycles. The first-order chi connectivity index (χ1) is 5.39. The Balaban J connectivity index is 4.90. The van der Waals surface area contributed by atoms with Gasteiger partial charge in [0.05, 0.1) is 18.6 Å². The lowest BCUT2D eigenvalue weighted by molar-refractivity contribution is -0.885. The first-order valence-corrected chi connectivity index (χ1v) is 4.84.